The Morgan fingerprint density at radius 1 is 0.950 bits per heavy atom. The zero-order chi connectivity index (χ0) is 14.5. The van der Waals surface area contributed by atoms with Crippen LogP contribution in [0.2, 0.25) is 10.0 Å². The highest BCUT2D eigenvalue weighted by Crippen LogP contribution is 2.24. The number of aryl methyl sites for hydroxylation is 1. The van der Waals surface area contributed by atoms with E-state index in [9.17, 15) is 0 Å². The van der Waals surface area contributed by atoms with Crippen molar-refractivity contribution in [3.63, 3.8) is 0 Å². The largest absolute Gasteiger partial charge is 0.331 e. The van der Waals surface area contributed by atoms with E-state index in [1.165, 1.54) is 5.56 Å². The Kier molecular flexibility index (Phi) is 5.06. The van der Waals surface area contributed by atoms with E-state index >= 15 is 0 Å². The van der Waals surface area contributed by atoms with Crippen molar-refractivity contribution in [2.45, 2.75) is 6.92 Å². The van der Waals surface area contributed by atoms with Crippen molar-refractivity contribution in [3.8, 4) is 0 Å². The minimum absolute atomic E-state index is 0.458. The molecular weight excluding hydrogens is 313 g/mol. The topological polar surface area (TPSA) is 36.1 Å². The van der Waals surface area contributed by atoms with Crippen molar-refractivity contribution < 1.29 is 0 Å². The van der Waals surface area contributed by atoms with Crippen LogP contribution in [-0.2, 0) is 0 Å². The van der Waals surface area contributed by atoms with Crippen LogP contribution in [0, 0.1) is 6.92 Å². The summed E-state index contributed by atoms with van der Waals surface area (Å²) in [6.45, 7) is 2.03. The number of hydrazine groups is 1. The van der Waals surface area contributed by atoms with Gasteiger partial charge in [-0.05, 0) is 49.5 Å². The molecule has 104 valence electrons. The molecule has 0 radical (unpaired) electrons. The molecule has 0 spiro atoms. The summed E-state index contributed by atoms with van der Waals surface area (Å²) in [5.41, 5.74) is 8.71. The summed E-state index contributed by atoms with van der Waals surface area (Å²) in [4.78, 5) is 0. The third-order valence-corrected chi connectivity index (χ3v) is 3.49. The Morgan fingerprint density at radius 2 is 1.60 bits per heavy atom. The standard InChI is InChI=1S/C14H13Cl2N3S/c1-9-2-4-10(5-3-9)17-14(20)19-18-11-6-7-12(15)13(16)8-11/h2-8,18H,1H3,(H2,17,19,20). The second-order valence-corrected chi connectivity index (χ2v) is 5.42. The Labute approximate surface area is 133 Å². The highest BCUT2D eigenvalue weighted by Gasteiger charge is 2.00. The zero-order valence-corrected chi connectivity index (χ0v) is 13.0. The van der Waals surface area contributed by atoms with Crippen LogP contribution < -0.4 is 16.2 Å². The van der Waals surface area contributed by atoms with E-state index in [4.69, 9.17) is 35.4 Å². The van der Waals surface area contributed by atoms with Gasteiger partial charge in [0.15, 0.2) is 5.11 Å². The molecule has 0 saturated carbocycles. The van der Waals surface area contributed by atoms with E-state index in [1.54, 1.807) is 18.2 Å². The van der Waals surface area contributed by atoms with Crippen molar-refractivity contribution in [2.75, 3.05) is 10.7 Å². The van der Waals surface area contributed by atoms with E-state index in [2.05, 4.69) is 16.2 Å². The predicted octanol–water partition coefficient (Wildman–Crippen LogP) is 4.62. The smallest absolute Gasteiger partial charge is 0.189 e. The number of anilines is 2. The minimum atomic E-state index is 0.458. The summed E-state index contributed by atoms with van der Waals surface area (Å²) < 4.78 is 0. The Bertz CT molecular complexity index is 614. The van der Waals surface area contributed by atoms with Crippen LogP contribution in [0.3, 0.4) is 0 Å². The Hall–Kier alpha value is -1.49. The molecule has 2 aromatic rings. The number of thiocarbonyl (C=S) groups is 1. The maximum absolute atomic E-state index is 5.93. The second kappa shape index (κ2) is 6.79. The first-order valence-corrected chi connectivity index (χ1v) is 7.06. The minimum Gasteiger partial charge on any atom is -0.331 e. The van der Waals surface area contributed by atoms with Crippen LogP contribution in [0.5, 0.6) is 0 Å². The van der Waals surface area contributed by atoms with Gasteiger partial charge in [-0.1, -0.05) is 40.9 Å². The molecule has 2 rings (SSSR count). The molecule has 0 bridgehead atoms. The zero-order valence-electron chi connectivity index (χ0n) is 10.7. The molecule has 3 nitrogen and oxygen atoms in total. The van der Waals surface area contributed by atoms with Crippen molar-refractivity contribution >= 4 is 51.9 Å². The molecule has 0 aromatic heterocycles. The van der Waals surface area contributed by atoms with Gasteiger partial charge in [-0.3, -0.25) is 10.9 Å². The molecule has 0 fully saturated rings. The molecule has 2 aromatic carbocycles. The molecule has 0 amide bonds. The molecule has 0 aliphatic rings. The van der Waals surface area contributed by atoms with Gasteiger partial charge < -0.3 is 5.32 Å². The van der Waals surface area contributed by atoms with E-state index in [0.29, 0.717) is 15.2 Å². The van der Waals surface area contributed by atoms with Crippen molar-refractivity contribution in [1.29, 1.82) is 0 Å². The lowest BCUT2D eigenvalue weighted by Gasteiger charge is -2.13. The van der Waals surface area contributed by atoms with Gasteiger partial charge in [0.1, 0.15) is 0 Å². The Morgan fingerprint density at radius 3 is 2.25 bits per heavy atom. The fourth-order valence-corrected chi connectivity index (χ4v) is 1.97. The molecule has 0 unspecified atom stereocenters. The maximum atomic E-state index is 5.93. The first-order valence-electron chi connectivity index (χ1n) is 5.89. The second-order valence-electron chi connectivity index (χ2n) is 4.20. The highest BCUT2D eigenvalue weighted by molar-refractivity contribution is 7.80. The third kappa shape index (κ3) is 4.27. The maximum Gasteiger partial charge on any atom is 0.189 e. The summed E-state index contributed by atoms with van der Waals surface area (Å²) in [5, 5.41) is 4.52. The molecule has 0 aliphatic carbocycles. The van der Waals surface area contributed by atoms with E-state index in [0.717, 1.165) is 11.4 Å². The first-order chi connectivity index (χ1) is 9.54. The fraction of sp³-hybridized carbons (Fsp3) is 0.0714. The predicted molar refractivity (Wildman–Crippen MR) is 90.6 cm³/mol. The average molecular weight is 326 g/mol. The first kappa shape index (κ1) is 14.9. The Balaban J connectivity index is 1.88. The fourth-order valence-electron chi connectivity index (χ4n) is 1.50. The quantitative estimate of drug-likeness (QED) is 0.568. The van der Waals surface area contributed by atoms with Gasteiger partial charge in [0.05, 0.1) is 15.7 Å². The number of halogens is 2. The summed E-state index contributed by atoms with van der Waals surface area (Å²) in [6, 6.07) is 13.2. The van der Waals surface area contributed by atoms with Gasteiger partial charge in [0, 0.05) is 5.69 Å². The van der Waals surface area contributed by atoms with Crippen molar-refractivity contribution in [3.05, 3.63) is 58.1 Å². The van der Waals surface area contributed by atoms with Crippen LogP contribution in [0.15, 0.2) is 42.5 Å². The monoisotopic (exact) mass is 325 g/mol. The number of benzene rings is 2. The number of rotatable bonds is 3. The van der Waals surface area contributed by atoms with E-state index in [-0.39, 0.29) is 0 Å². The number of hydrogen-bond acceptors (Lipinski definition) is 2. The van der Waals surface area contributed by atoms with Gasteiger partial charge in [-0.2, -0.15) is 0 Å². The van der Waals surface area contributed by atoms with Gasteiger partial charge >= 0.3 is 0 Å². The normalized spacial score (nSPS) is 9.95. The molecule has 20 heavy (non-hydrogen) atoms. The molecule has 0 saturated heterocycles. The van der Waals surface area contributed by atoms with E-state index < -0.39 is 0 Å². The lowest BCUT2D eigenvalue weighted by atomic mass is 10.2. The van der Waals surface area contributed by atoms with Crippen LogP contribution in [0.25, 0.3) is 0 Å². The van der Waals surface area contributed by atoms with E-state index in [1.807, 2.05) is 31.2 Å². The lowest BCUT2D eigenvalue weighted by Crippen LogP contribution is -2.33. The van der Waals surface area contributed by atoms with Crippen LogP contribution in [0.4, 0.5) is 11.4 Å². The molecule has 0 heterocycles. The number of nitrogens with one attached hydrogen (secondary N) is 3. The van der Waals surface area contributed by atoms with Crippen molar-refractivity contribution in [1.82, 2.24) is 5.43 Å². The SMILES string of the molecule is Cc1ccc(NC(=S)NNc2ccc(Cl)c(Cl)c2)cc1. The van der Waals surface area contributed by atoms with Gasteiger partial charge in [-0.15, -0.1) is 0 Å². The molecule has 6 heteroatoms. The van der Waals surface area contributed by atoms with Crippen molar-refractivity contribution in [2.24, 2.45) is 0 Å². The lowest BCUT2D eigenvalue weighted by molar-refractivity contribution is 1.14. The molecule has 0 aliphatic heterocycles. The third-order valence-electron chi connectivity index (χ3n) is 2.55. The summed E-state index contributed by atoms with van der Waals surface area (Å²) in [5.74, 6) is 0. The molecule has 3 N–H and O–H groups in total. The van der Waals surface area contributed by atoms with Crippen LogP contribution in [-0.4, -0.2) is 5.11 Å². The average Bonchev–Trinajstić information content (AvgIpc) is 2.43. The van der Waals surface area contributed by atoms with Crippen LogP contribution in [0.1, 0.15) is 5.56 Å². The van der Waals surface area contributed by atoms with Gasteiger partial charge in [0.2, 0.25) is 0 Å². The summed E-state index contributed by atoms with van der Waals surface area (Å²) >= 11 is 17.0. The van der Waals surface area contributed by atoms with Gasteiger partial charge in [0.25, 0.3) is 0 Å². The summed E-state index contributed by atoms with van der Waals surface area (Å²) in [6.07, 6.45) is 0. The molecule has 0 atom stereocenters. The summed E-state index contributed by atoms with van der Waals surface area (Å²) in [7, 11) is 0. The van der Waals surface area contributed by atoms with Gasteiger partial charge in [-0.25, -0.2) is 0 Å². The number of hydrogen-bond donors (Lipinski definition) is 3. The van der Waals surface area contributed by atoms with Crippen LogP contribution >= 0.6 is 35.4 Å². The molecular formula is C14H13Cl2N3S. The highest BCUT2D eigenvalue weighted by atomic mass is 35.5.